The Balaban J connectivity index is 2.07. The largest absolute Gasteiger partial charge is 0.346 e. The molecule has 0 saturated heterocycles. The van der Waals surface area contributed by atoms with Gasteiger partial charge in [-0.3, -0.25) is 0 Å². The highest BCUT2D eigenvalue weighted by Gasteiger charge is 2.14. The summed E-state index contributed by atoms with van der Waals surface area (Å²) in [6, 6.07) is 0. The topological polar surface area (TPSA) is 18.5 Å². The predicted molar refractivity (Wildman–Crippen MR) is 39.2 cm³/mol. The van der Waals surface area contributed by atoms with Gasteiger partial charge in [0.25, 0.3) is 0 Å². The second-order valence-corrected chi connectivity index (χ2v) is 2.62. The Morgan fingerprint density at radius 2 is 1.90 bits per heavy atom. The normalized spacial score (nSPS) is 20.4. The maximum Gasteiger partial charge on any atom is 0.122 e. The maximum absolute atomic E-state index is 5.01. The van der Waals surface area contributed by atoms with Gasteiger partial charge in [0.05, 0.1) is 0 Å². The second-order valence-electron chi connectivity index (χ2n) is 2.62. The van der Waals surface area contributed by atoms with Crippen LogP contribution in [0.1, 0.15) is 32.1 Å². The van der Waals surface area contributed by atoms with E-state index in [1.165, 1.54) is 25.5 Å². The molecule has 1 fully saturated rings. The van der Waals surface area contributed by atoms with Gasteiger partial charge in [-0.15, -0.1) is 0 Å². The summed E-state index contributed by atoms with van der Waals surface area (Å²) >= 11 is 0. The van der Waals surface area contributed by atoms with Gasteiger partial charge in [-0.25, -0.2) is 0 Å². The van der Waals surface area contributed by atoms with Crippen molar-refractivity contribution < 1.29 is 9.78 Å². The van der Waals surface area contributed by atoms with Crippen LogP contribution in [-0.4, -0.2) is 6.10 Å². The molecule has 1 saturated carbocycles. The van der Waals surface area contributed by atoms with Crippen LogP contribution in [0.2, 0.25) is 0 Å². The molecule has 0 spiro atoms. The molecule has 0 aromatic carbocycles. The zero-order chi connectivity index (χ0) is 7.23. The fourth-order valence-corrected chi connectivity index (χ4v) is 1.28. The molecule has 0 bridgehead atoms. The van der Waals surface area contributed by atoms with Crippen molar-refractivity contribution >= 4 is 0 Å². The van der Waals surface area contributed by atoms with E-state index in [2.05, 4.69) is 11.5 Å². The predicted octanol–water partition coefficient (Wildman–Crippen LogP) is 2.41. The van der Waals surface area contributed by atoms with Crippen molar-refractivity contribution in [2.45, 2.75) is 38.2 Å². The van der Waals surface area contributed by atoms with Crippen LogP contribution in [0.4, 0.5) is 0 Å². The van der Waals surface area contributed by atoms with Gasteiger partial charge >= 0.3 is 0 Å². The summed E-state index contributed by atoms with van der Waals surface area (Å²) in [6.45, 7) is 3.40. The summed E-state index contributed by atoms with van der Waals surface area (Å²) in [6.07, 6.45) is 7.78. The van der Waals surface area contributed by atoms with Gasteiger partial charge in [-0.05, 0) is 12.8 Å². The minimum Gasteiger partial charge on any atom is -0.346 e. The first-order valence-corrected chi connectivity index (χ1v) is 3.86. The monoisotopic (exact) mass is 142 g/mol. The molecule has 1 aliphatic carbocycles. The number of hydrogen-bond acceptors (Lipinski definition) is 2. The lowest BCUT2D eigenvalue weighted by molar-refractivity contribution is -0.287. The van der Waals surface area contributed by atoms with Gasteiger partial charge in [0, 0.05) is 0 Å². The van der Waals surface area contributed by atoms with Gasteiger partial charge in [0.15, 0.2) is 0 Å². The molecule has 1 aliphatic rings. The highest BCUT2D eigenvalue weighted by Crippen LogP contribution is 2.20. The SMILES string of the molecule is C=COOC1CCCCC1. The zero-order valence-corrected chi connectivity index (χ0v) is 6.21. The fraction of sp³-hybridized carbons (Fsp3) is 0.750. The third-order valence-electron chi connectivity index (χ3n) is 1.81. The summed E-state index contributed by atoms with van der Waals surface area (Å²) in [5.41, 5.74) is 0. The first-order valence-electron chi connectivity index (χ1n) is 3.86. The van der Waals surface area contributed by atoms with Crippen molar-refractivity contribution in [1.29, 1.82) is 0 Å². The Kier molecular flexibility index (Phi) is 3.30. The molecule has 1 rings (SSSR count). The summed E-state index contributed by atoms with van der Waals surface area (Å²) in [5.74, 6) is 0. The van der Waals surface area contributed by atoms with Crippen molar-refractivity contribution in [3.63, 3.8) is 0 Å². The Hall–Kier alpha value is -0.500. The lowest BCUT2D eigenvalue weighted by atomic mass is 9.98. The van der Waals surface area contributed by atoms with Crippen LogP contribution in [0.3, 0.4) is 0 Å². The summed E-state index contributed by atoms with van der Waals surface area (Å²) < 4.78 is 0. The van der Waals surface area contributed by atoms with Crippen molar-refractivity contribution in [1.82, 2.24) is 0 Å². The molecule has 0 aliphatic heterocycles. The molecule has 0 heterocycles. The van der Waals surface area contributed by atoms with Crippen molar-refractivity contribution in [3.8, 4) is 0 Å². The Bertz CT molecular complexity index is 95.4. The van der Waals surface area contributed by atoms with E-state index in [-0.39, 0.29) is 0 Å². The highest BCUT2D eigenvalue weighted by molar-refractivity contribution is 4.63. The second kappa shape index (κ2) is 4.34. The fourth-order valence-electron chi connectivity index (χ4n) is 1.28. The van der Waals surface area contributed by atoms with E-state index in [9.17, 15) is 0 Å². The van der Waals surface area contributed by atoms with E-state index in [1.807, 2.05) is 0 Å². The van der Waals surface area contributed by atoms with Gasteiger partial charge < -0.3 is 4.89 Å². The molecule has 0 unspecified atom stereocenters. The van der Waals surface area contributed by atoms with Crippen LogP contribution >= 0.6 is 0 Å². The van der Waals surface area contributed by atoms with Crippen LogP contribution in [0, 0.1) is 0 Å². The van der Waals surface area contributed by atoms with Crippen LogP contribution in [0.5, 0.6) is 0 Å². The maximum atomic E-state index is 5.01. The molecule has 0 aromatic heterocycles. The Morgan fingerprint density at radius 1 is 1.20 bits per heavy atom. The van der Waals surface area contributed by atoms with Gasteiger partial charge in [-0.1, -0.05) is 25.8 Å². The molecule has 2 nitrogen and oxygen atoms in total. The molecular formula is C8H14O2. The molecule has 10 heavy (non-hydrogen) atoms. The highest BCUT2D eigenvalue weighted by atomic mass is 17.2. The van der Waals surface area contributed by atoms with Gasteiger partial charge in [0.2, 0.25) is 0 Å². The van der Waals surface area contributed by atoms with E-state index < -0.39 is 0 Å². The third kappa shape index (κ3) is 2.40. The minimum atomic E-state index is 0.312. The molecule has 0 N–H and O–H groups in total. The average molecular weight is 142 g/mol. The number of rotatable bonds is 3. The third-order valence-corrected chi connectivity index (χ3v) is 1.81. The first-order chi connectivity index (χ1) is 4.93. The summed E-state index contributed by atoms with van der Waals surface area (Å²) in [5, 5.41) is 0. The van der Waals surface area contributed by atoms with Crippen molar-refractivity contribution in [2.75, 3.05) is 0 Å². The van der Waals surface area contributed by atoms with Crippen LogP contribution in [-0.2, 0) is 9.78 Å². The molecular weight excluding hydrogens is 128 g/mol. The molecule has 0 radical (unpaired) electrons. The van der Waals surface area contributed by atoms with Crippen molar-refractivity contribution in [3.05, 3.63) is 12.8 Å². The molecule has 2 heteroatoms. The van der Waals surface area contributed by atoms with Crippen molar-refractivity contribution in [2.24, 2.45) is 0 Å². The quantitative estimate of drug-likeness (QED) is 0.342. The van der Waals surface area contributed by atoms with Crippen LogP contribution in [0.15, 0.2) is 12.8 Å². The average Bonchev–Trinajstić information content (AvgIpc) is 2.03. The van der Waals surface area contributed by atoms with Crippen LogP contribution < -0.4 is 0 Å². The standard InChI is InChI=1S/C8H14O2/c1-2-9-10-8-6-4-3-5-7-8/h2,8H,1,3-7H2. The summed E-state index contributed by atoms with van der Waals surface area (Å²) in [4.78, 5) is 9.65. The molecule has 0 aromatic rings. The molecule has 58 valence electrons. The lowest BCUT2D eigenvalue weighted by Crippen LogP contribution is -2.15. The number of hydrogen-bond donors (Lipinski definition) is 0. The van der Waals surface area contributed by atoms with Gasteiger partial charge in [-0.2, -0.15) is 4.89 Å². The summed E-state index contributed by atoms with van der Waals surface area (Å²) in [7, 11) is 0. The lowest BCUT2D eigenvalue weighted by Gasteiger charge is -2.19. The molecule has 0 amide bonds. The smallest absolute Gasteiger partial charge is 0.122 e. The Morgan fingerprint density at radius 3 is 2.50 bits per heavy atom. The Labute approximate surface area is 61.8 Å². The van der Waals surface area contributed by atoms with E-state index in [1.54, 1.807) is 0 Å². The van der Waals surface area contributed by atoms with E-state index in [4.69, 9.17) is 4.89 Å². The zero-order valence-electron chi connectivity index (χ0n) is 6.21. The van der Waals surface area contributed by atoms with Crippen LogP contribution in [0.25, 0.3) is 0 Å². The van der Waals surface area contributed by atoms with E-state index >= 15 is 0 Å². The van der Waals surface area contributed by atoms with E-state index in [0.29, 0.717) is 6.10 Å². The van der Waals surface area contributed by atoms with E-state index in [0.717, 1.165) is 12.8 Å². The molecule has 0 atom stereocenters. The van der Waals surface area contributed by atoms with Gasteiger partial charge in [0.1, 0.15) is 12.4 Å². The first kappa shape index (κ1) is 7.61. The minimum absolute atomic E-state index is 0.312.